The molecule has 0 bridgehead atoms. The molecule has 4 rings (SSSR count). The van der Waals surface area contributed by atoms with Gasteiger partial charge in [-0.25, -0.2) is 0 Å². The molecule has 154 valence electrons. The number of hydrogen-bond donors (Lipinski definition) is 0. The maximum absolute atomic E-state index is 12.9. The average molecular weight is 418 g/mol. The van der Waals surface area contributed by atoms with Crippen LogP contribution >= 0.6 is 11.3 Å². The Morgan fingerprint density at radius 1 is 1.03 bits per heavy atom. The van der Waals surface area contributed by atoms with Crippen molar-refractivity contribution < 1.29 is 19.2 Å². The molecule has 10 heteroatoms. The van der Waals surface area contributed by atoms with Crippen LogP contribution in [0, 0.1) is 10.1 Å². The second-order valence-electron chi connectivity index (χ2n) is 7.15. The lowest BCUT2D eigenvalue weighted by Gasteiger charge is -2.36. The van der Waals surface area contributed by atoms with E-state index in [0.29, 0.717) is 56.2 Å². The first-order valence-electron chi connectivity index (χ1n) is 9.56. The zero-order valence-corrected chi connectivity index (χ0v) is 16.7. The first-order chi connectivity index (χ1) is 14.0. The fraction of sp³-hybridized carbons (Fsp3) is 0.474. The Balaban J connectivity index is 1.35. The Hall–Kier alpha value is -2.56. The first-order valence-corrected chi connectivity index (χ1v) is 10.4. The fourth-order valence-corrected chi connectivity index (χ4v) is 4.63. The summed E-state index contributed by atoms with van der Waals surface area (Å²) in [6, 6.07) is 6.33. The van der Waals surface area contributed by atoms with Gasteiger partial charge >= 0.3 is 0 Å². The standard InChI is InChI=1S/C19H22N4O5S/c24-18(13-20-7-9-28-10-8-20)21-3-5-22(6-4-21)19(25)17-12-14-11-15(23(26)27)1-2-16(14)29-17/h1-2,11-12H,3-10,13H2. The molecule has 2 amide bonds. The summed E-state index contributed by atoms with van der Waals surface area (Å²) in [5, 5.41) is 11.6. The number of morpholine rings is 1. The number of thiophene rings is 1. The lowest BCUT2D eigenvalue weighted by molar-refractivity contribution is -0.384. The molecule has 0 saturated carbocycles. The SMILES string of the molecule is O=C(CN1CCOCC1)N1CCN(C(=O)c2cc3cc([N+](=O)[O-])ccc3s2)CC1. The number of fused-ring (bicyclic) bond motifs is 1. The third kappa shape index (κ3) is 4.39. The molecule has 0 spiro atoms. The number of amides is 2. The van der Waals surface area contributed by atoms with Crippen molar-refractivity contribution in [3.8, 4) is 0 Å². The molecule has 2 aromatic rings. The van der Waals surface area contributed by atoms with Gasteiger partial charge in [0.15, 0.2) is 0 Å². The summed E-state index contributed by atoms with van der Waals surface area (Å²) in [4.78, 5) is 42.1. The Bertz CT molecular complexity index is 932. The number of carbonyl (C=O) groups is 2. The Kier molecular flexibility index (Phi) is 5.74. The highest BCUT2D eigenvalue weighted by Crippen LogP contribution is 2.30. The molecule has 0 atom stereocenters. The summed E-state index contributed by atoms with van der Waals surface area (Å²) in [5.74, 6) is 0.00213. The van der Waals surface area contributed by atoms with E-state index in [1.54, 1.807) is 17.0 Å². The van der Waals surface area contributed by atoms with E-state index in [4.69, 9.17) is 4.74 Å². The number of piperazine rings is 1. The zero-order valence-electron chi connectivity index (χ0n) is 15.9. The van der Waals surface area contributed by atoms with Crippen LogP contribution in [0.2, 0.25) is 0 Å². The maximum atomic E-state index is 12.9. The van der Waals surface area contributed by atoms with Gasteiger partial charge in [-0.05, 0) is 12.1 Å². The van der Waals surface area contributed by atoms with E-state index in [0.717, 1.165) is 17.8 Å². The molecule has 0 radical (unpaired) electrons. The molecule has 9 nitrogen and oxygen atoms in total. The van der Waals surface area contributed by atoms with E-state index < -0.39 is 4.92 Å². The van der Waals surface area contributed by atoms with Gasteiger partial charge in [-0.3, -0.25) is 24.6 Å². The van der Waals surface area contributed by atoms with Crippen LogP contribution in [-0.4, -0.2) is 90.5 Å². The highest BCUT2D eigenvalue weighted by Gasteiger charge is 2.27. The van der Waals surface area contributed by atoms with Crippen molar-refractivity contribution in [1.29, 1.82) is 0 Å². The van der Waals surface area contributed by atoms with Gasteiger partial charge in [0.2, 0.25) is 5.91 Å². The summed E-state index contributed by atoms with van der Waals surface area (Å²) in [7, 11) is 0. The molecule has 3 heterocycles. The van der Waals surface area contributed by atoms with Gasteiger partial charge in [-0.2, -0.15) is 0 Å². The number of nitro benzene ring substituents is 1. The van der Waals surface area contributed by atoms with Crippen LogP contribution in [0.5, 0.6) is 0 Å². The molecular formula is C19H22N4O5S. The van der Waals surface area contributed by atoms with E-state index in [2.05, 4.69) is 4.90 Å². The summed E-state index contributed by atoms with van der Waals surface area (Å²) in [6.45, 7) is 5.28. The van der Waals surface area contributed by atoms with Crippen molar-refractivity contribution in [3.63, 3.8) is 0 Å². The van der Waals surface area contributed by atoms with Crippen LogP contribution in [0.4, 0.5) is 5.69 Å². The van der Waals surface area contributed by atoms with Crippen molar-refractivity contribution in [1.82, 2.24) is 14.7 Å². The predicted octanol–water partition coefficient (Wildman–Crippen LogP) is 1.43. The third-order valence-corrected chi connectivity index (χ3v) is 6.41. The van der Waals surface area contributed by atoms with Gasteiger partial charge in [0.25, 0.3) is 11.6 Å². The predicted molar refractivity (Wildman–Crippen MR) is 108 cm³/mol. The molecule has 1 aromatic heterocycles. The maximum Gasteiger partial charge on any atom is 0.270 e. The van der Waals surface area contributed by atoms with Crippen molar-refractivity contribution in [2.24, 2.45) is 0 Å². The lowest BCUT2D eigenvalue weighted by Crippen LogP contribution is -2.53. The van der Waals surface area contributed by atoms with Crippen LogP contribution in [-0.2, 0) is 9.53 Å². The number of rotatable bonds is 4. The van der Waals surface area contributed by atoms with Gasteiger partial charge < -0.3 is 14.5 Å². The van der Waals surface area contributed by atoms with Crippen LogP contribution in [0.15, 0.2) is 24.3 Å². The van der Waals surface area contributed by atoms with Gasteiger partial charge in [0, 0.05) is 61.5 Å². The normalized spacial score (nSPS) is 18.2. The smallest absolute Gasteiger partial charge is 0.270 e. The van der Waals surface area contributed by atoms with Crippen LogP contribution in [0.25, 0.3) is 10.1 Å². The largest absolute Gasteiger partial charge is 0.379 e. The highest BCUT2D eigenvalue weighted by molar-refractivity contribution is 7.20. The topological polar surface area (TPSA) is 96.2 Å². The van der Waals surface area contributed by atoms with Crippen molar-refractivity contribution >= 4 is 38.9 Å². The number of ether oxygens (including phenoxy) is 1. The summed E-state index contributed by atoms with van der Waals surface area (Å²) >= 11 is 1.34. The van der Waals surface area contributed by atoms with Gasteiger partial charge in [0.1, 0.15) is 0 Å². The Labute approximate surface area is 171 Å². The van der Waals surface area contributed by atoms with E-state index in [1.807, 2.05) is 4.90 Å². The van der Waals surface area contributed by atoms with Crippen molar-refractivity contribution in [2.75, 3.05) is 59.0 Å². The van der Waals surface area contributed by atoms with Gasteiger partial charge in [-0.15, -0.1) is 11.3 Å². The molecule has 0 aliphatic carbocycles. The molecule has 2 saturated heterocycles. The number of benzene rings is 1. The van der Waals surface area contributed by atoms with Crippen LogP contribution in [0.1, 0.15) is 9.67 Å². The Morgan fingerprint density at radius 2 is 1.72 bits per heavy atom. The van der Waals surface area contributed by atoms with Crippen molar-refractivity contribution in [3.05, 3.63) is 39.3 Å². The summed E-state index contributed by atoms with van der Waals surface area (Å²) in [6.07, 6.45) is 0. The fourth-order valence-electron chi connectivity index (χ4n) is 3.62. The molecular weight excluding hydrogens is 396 g/mol. The van der Waals surface area contributed by atoms with Crippen LogP contribution < -0.4 is 0 Å². The molecule has 0 N–H and O–H groups in total. The highest BCUT2D eigenvalue weighted by atomic mass is 32.1. The number of non-ortho nitro benzene ring substituents is 1. The van der Waals surface area contributed by atoms with Gasteiger partial charge in [0.05, 0.1) is 29.6 Å². The summed E-state index contributed by atoms with van der Waals surface area (Å²) < 4.78 is 6.15. The van der Waals surface area contributed by atoms with Gasteiger partial charge in [-0.1, -0.05) is 0 Å². The third-order valence-electron chi connectivity index (χ3n) is 5.30. The molecule has 1 aromatic carbocycles. The quantitative estimate of drug-likeness (QED) is 0.551. The summed E-state index contributed by atoms with van der Waals surface area (Å²) in [5.41, 5.74) is 0.0155. The molecule has 2 aliphatic rings. The molecule has 29 heavy (non-hydrogen) atoms. The first kappa shape index (κ1) is 19.7. The number of hydrogen-bond acceptors (Lipinski definition) is 7. The minimum atomic E-state index is -0.439. The van der Waals surface area contributed by atoms with Crippen LogP contribution in [0.3, 0.4) is 0 Å². The van der Waals surface area contributed by atoms with E-state index in [-0.39, 0.29) is 17.5 Å². The monoisotopic (exact) mass is 418 g/mol. The molecule has 2 fully saturated rings. The number of nitrogens with zero attached hydrogens (tertiary/aromatic N) is 4. The zero-order chi connectivity index (χ0) is 20.4. The van der Waals surface area contributed by atoms with E-state index in [9.17, 15) is 19.7 Å². The Morgan fingerprint density at radius 3 is 2.41 bits per heavy atom. The number of nitro groups is 1. The minimum Gasteiger partial charge on any atom is -0.379 e. The van der Waals surface area contributed by atoms with E-state index >= 15 is 0 Å². The second kappa shape index (κ2) is 8.44. The minimum absolute atomic E-state index is 0.0155. The molecule has 0 unspecified atom stereocenters. The van der Waals surface area contributed by atoms with E-state index in [1.165, 1.54) is 23.5 Å². The average Bonchev–Trinajstić information content (AvgIpc) is 3.17. The number of carbonyl (C=O) groups excluding carboxylic acids is 2. The second-order valence-corrected chi connectivity index (χ2v) is 8.24. The van der Waals surface area contributed by atoms with Crippen molar-refractivity contribution in [2.45, 2.75) is 0 Å². The lowest BCUT2D eigenvalue weighted by atomic mass is 10.2. The molecule has 2 aliphatic heterocycles.